The van der Waals surface area contributed by atoms with Gasteiger partial charge in [0.1, 0.15) is 9.79 Å². The molecular formula is C44H43Cl4N7O6S4. The van der Waals surface area contributed by atoms with Crippen LogP contribution in [0.15, 0.2) is 99.4 Å². The van der Waals surface area contributed by atoms with E-state index in [2.05, 4.69) is 14.8 Å². The number of benzene rings is 4. The number of nitro benzene ring substituents is 1. The summed E-state index contributed by atoms with van der Waals surface area (Å²) in [6, 6.07) is 22.6. The Bertz CT molecular complexity index is 2900. The van der Waals surface area contributed by atoms with Gasteiger partial charge in [-0.25, -0.2) is 26.8 Å². The zero-order valence-electron chi connectivity index (χ0n) is 35.1. The summed E-state index contributed by atoms with van der Waals surface area (Å²) in [5.41, 5.74) is 5.38. The first kappa shape index (κ1) is 48.8. The summed E-state index contributed by atoms with van der Waals surface area (Å²) in [7, 11) is -7.41. The van der Waals surface area contributed by atoms with E-state index in [1.807, 2.05) is 53.2 Å². The number of rotatable bonds is 12. The molecule has 0 unspecified atom stereocenters. The fraction of sp³-hybridized carbons (Fsp3) is 0.273. The van der Waals surface area contributed by atoms with Crippen LogP contribution >= 0.6 is 69.1 Å². The lowest BCUT2D eigenvalue weighted by molar-refractivity contribution is -0.384. The van der Waals surface area contributed by atoms with E-state index in [-0.39, 0.29) is 25.5 Å². The molecule has 21 heteroatoms. The van der Waals surface area contributed by atoms with Gasteiger partial charge in [-0.05, 0) is 79.3 Å². The molecule has 13 nitrogen and oxygen atoms in total. The number of aromatic nitrogens is 2. The molecular weight excluding hydrogens is 993 g/mol. The van der Waals surface area contributed by atoms with Crippen molar-refractivity contribution in [1.82, 2.24) is 18.6 Å². The van der Waals surface area contributed by atoms with Gasteiger partial charge in [-0.15, -0.1) is 22.7 Å². The van der Waals surface area contributed by atoms with E-state index >= 15 is 0 Å². The monoisotopic (exact) mass is 1030 g/mol. The summed E-state index contributed by atoms with van der Waals surface area (Å²) in [5, 5.41) is 17.7. The van der Waals surface area contributed by atoms with Gasteiger partial charge in [0.25, 0.3) is 5.69 Å². The quantitative estimate of drug-likeness (QED) is 0.0856. The summed E-state index contributed by atoms with van der Waals surface area (Å²) >= 11 is 27.6. The van der Waals surface area contributed by atoms with Gasteiger partial charge in [-0.1, -0.05) is 94.9 Å². The number of piperazine rings is 2. The molecule has 0 radical (unpaired) electrons. The van der Waals surface area contributed by atoms with Gasteiger partial charge in [0.2, 0.25) is 20.0 Å². The molecule has 0 N–H and O–H groups in total. The van der Waals surface area contributed by atoms with Crippen molar-refractivity contribution in [2.75, 3.05) is 62.2 Å². The molecule has 2 aromatic heterocycles. The van der Waals surface area contributed by atoms with Crippen LogP contribution < -0.4 is 9.80 Å². The Morgan fingerprint density at radius 1 is 0.631 bits per heavy atom. The van der Waals surface area contributed by atoms with Crippen molar-refractivity contribution < 1.29 is 21.8 Å². The van der Waals surface area contributed by atoms with Crippen molar-refractivity contribution in [2.45, 2.75) is 36.5 Å². The lowest BCUT2D eigenvalue weighted by atomic mass is 10.1. The molecule has 0 spiro atoms. The van der Waals surface area contributed by atoms with E-state index in [0.29, 0.717) is 73.5 Å². The zero-order chi connectivity index (χ0) is 46.5. The predicted molar refractivity (Wildman–Crippen MR) is 264 cm³/mol. The third-order valence-corrected chi connectivity index (χ3v) is 18.2. The number of sulfonamides is 2. The smallest absolute Gasteiger partial charge is 0.269 e. The highest BCUT2D eigenvalue weighted by Gasteiger charge is 2.33. The number of hydrogen-bond acceptors (Lipinski definition) is 12. The molecule has 4 aromatic carbocycles. The van der Waals surface area contributed by atoms with Gasteiger partial charge in [0.05, 0.1) is 26.4 Å². The van der Waals surface area contributed by atoms with Crippen molar-refractivity contribution in [1.29, 1.82) is 0 Å². The van der Waals surface area contributed by atoms with E-state index in [9.17, 15) is 26.9 Å². The van der Waals surface area contributed by atoms with Crippen molar-refractivity contribution in [2.24, 2.45) is 0 Å². The lowest BCUT2D eigenvalue weighted by Gasteiger charge is -2.34. The highest BCUT2D eigenvalue weighted by atomic mass is 35.5. The second-order valence-corrected chi connectivity index (χ2v) is 22.3. The number of halogens is 4. The van der Waals surface area contributed by atoms with Crippen LogP contribution in [0.5, 0.6) is 0 Å². The Morgan fingerprint density at radius 3 is 1.63 bits per heavy atom. The molecule has 2 aliphatic rings. The minimum absolute atomic E-state index is 0.0762. The Morgan fingerprint density at radius 2 is 1.12 bits per heavy atom. The third-order valence-electron chi connectivity index (χ3n) is 10.8. The van der Waals surface area contributed by atoms with Crippen molar-refractivity contribution >= 4 is 117 Å². The number of anilines is 2. The number of non-ortho nitro benzene ring substituents is 1. The maximum absolute atomic E-state index is 13.1. The van der Waals surface area contributed by atoms with E-state index in [0.717, 1.165) is 45.6 Å². The summed E-state index contributed by atoms with van der Waals surface area (Å²) < 4.78 is 55.4. The Kier molecular flexibility index (Phi) is 15.9. The van der Waals surface area contributed by atoms with E-state index in [4.69, 9.17) is 51.4 Å². The van der Waals surface area contributed by atoms with E-state index < -0.39 is 25.0 Å². The van der Waals surface area contributed by atoms with Crippen LogP contribution in [0.25, 0.3) is 12.2 Å². The average Bonchev–Trinajstić information content (AvgIpc) is 3.99. The molecule has 0 atom stereocenters. The second kappa shape index (κ2) is 21.2. The van der Waals surface area contributed by atoms with Gasteiger partial charge in [-0.2, -0.15) is 8.61 Å². The van der Waals surface area contributed by atoms with Crippen molar-refractivity contribution in [3.63, 3.8) is 0 Å². The summed E-state index contributed by atoms with van der Waals surface area (Å²) in [6.45, 7) is 7.11. The molecule has 0 amide bonds. The van der Waals surface area contributed by atoms with Crippen LogP contribution in [-0.2, 0) is 32.9 Å². The molecule has 0 saturated carbocycles. The summed E-state index contributed by atoms with van der Waals surface area (Å²) in [4.78, 5) is 24.1. The number of nitro groups is 1. The third kappa shape index (κ3) is 11.9. The average molecular weight is 1040 g/mol. The van der Waals surface area contributed by atoms with Crippen LogP contribution in [0.4, 0.5) is 16.0 Å². The van der Waals surface area contributed by atoms with Crippen LogP contribution in [0, 0.1) is 24.0 Å². The molecule has 2 aliphatic heterocycles. The zero-order valence-corrected chi connectivity index (χ0v) is 41.4. The second-order valence-electron chi connectivity index (χ2n) is 15.2. The van der Waals surface area contributed by atoms with Gasteiger partial charge in [-0.3, -0.25) is 10.1 Å². The predicted octanol–water partition coefficient (Wildman–Crippen LogP) is 10.4. The maximum atomic E-state index is 13.1. The minimum atomic E-state index is -3.72. The molecule has 65 heavy (non-hydrogen) atoms. The van der Waals surface area contributed by atoms with Gasteiger partial charge in [0, 0.05) is 85.3 Å². The number of aryl methyl sites for hydroxylation is 4. The fourth-order valence-corrected chi connectivity index (χ4v) is 13.3. The topological polar surface area (TPSA) is 150 Å². The number of nitrogens with zero attached hydrogens (tertiary/aromatic N) is 7. The van der Waals surface area contributed by atoms with Gasteiger partial charge >= 0.3 is 0 Å². The Hall–Kier alpha value is -4.14. The van der Waals surface area contributed by atoms with Crippen molar-refractivity contribution in [3.05, 3.63) is 153 Å². The normalized spacial score (nSPS) is 15.3. The first-order valence-electron chi connectivity index (χ1n) is 20.3. The Balaban J connectivity index is 0.000000195. The standard InChI is InChI=1S/C22H22Cl2N4O4S2.C22H21Cl2N3O2S2/c1-15-12-21(20(24)13-19(15)23)34(31,32)27-10-8-26(9-11-27)22-25-17(14-33-22)5-2-16-3-6-18(7-4-16)28(29)30;1-16-13-21(20(24)14-19(16)23)31(28,29)27-11-9-26(10-12-27)22-25-18(15-30-22)8-7-17-5-3-2-4-6-17/h3-4,6-7,12-14H,2,5,8-11H2,1H3;2-8,13-15H,9-12H2,1H3. The molecule has 8 rings (SSSR count). The van der Waals surface area contributed by atoms with Crippen LogP contribution in [0.3, 0.4) is 0 Å². The summed E-state index contributed by atoms with van der Waals surface area (Å²) in [6.07, 6.45) is 5.47. The molecule has 6 aromatic rings. The highest BCUT2D eigenvalue weighted by Crippen LogP contribution is 2.33. The van der Waals surface area contributed by atoms with Gasteiger partial charge in [0.15, 0.2) is 10.3 Å². The minimum Gasteiger partial charge on any atom is -0.345 e. The molecule has 342 valence electrons. The largest absolute Gasteiger partial charge is 0.345 e. The molecule has 0 bridgehead atoms. The van der Waals surface area contributed by atoms with Crippen molar-refractivity contribution in [3.8, 4) is 0 Å². The van der Waals surface area contributed by atoms with E-state index in [1.165, 1.54) is 50.3 Å². The molecule has 4 heterocycles. The van der Waals surface area contributed by atoms with Crippen LogP contribution in [0.1, 0.15) is 33.6 Å². The fourth-order valence-electron chi connectivity index (χ4n) is 7.03. The van der Waals surface area contributed by atoms with Crippen LogP contribution in [0.2, 0.25) is 20.1 Å². The molecule has 2 saturated heterocycles. The summed E-state index contributed by atoms with van der Waals surface area (Å²) in [5.74, 6) is 0. The van der Waals surface area contributed by atoms with Crippen LogP contribution in [-0.4, -0.2) is 92.7 Å². The Labute approximate surface area is 406 Å². The van der Waals surface area contributed by atoms with E-state index in [1.54, 1.807) is 43.4 Å². The molecule has 2 fully saturated rings. The SMILES string of the molecule is Cc1cc(S(=O)(=O)N2CCN(c3nc(C=Cc4ccccc4)cs3)CC2)c(Cl)cc1Cl.Cc1cc(S(=O)(=O)N2CCN(c3nc(CCc4ccc([N+](=O)[O-])cc4)cs3)CC2)c(Cl)cc1Cl. The first-order chi connectivity index (χ1) is 31.0. The molecule has 0 aliphatic carbocycles. The maximum Gasteiger partial charge on any atom is 0.269 e. The first-order valence-corrected chi connectivity index (χ1v) is 26.4. The number of thiazole rings is 2. The lowest BCUT2D eigenvalue weighted by Crippen LogP contribution is -2.48. The van der Waals surface area contributed by atoms with Gasteiger partial charge < -0.3 is 9.80 Å². The number of hydrogen-bond donors (Lipinski definition) is 0. The highest BCUT2D eigenvalue weighted by molar-refractivity contribution is 7.89.